The maximum Gasteiger partial charge on any atom is 0.0594 e. The summed E-state index contributed by atoms with van der Waals surface area (Å²) in [4.78, 5) is 6.58. The molecule has 0 saturated heterocycles. The molecule has 0 amide bonds. The standard InChI is InChI=1S/C15H35N3O3/c1-16(2)6-12-20-13-9-18(4)10-15-21-14-8-17(3)7-11-19-5/h6-15H2,1-5H3. The van der Waals surface area contributed by atoms with Crippen LogP contribution in [0.1, 0.15) is 0 Å². The lowest BCUT2D eigenvalue weighted by molar-refractivity contribution is 0.0693. The number of nitrogens with zero attached hydrogens (tertiary/aromatic N) is 3. The maximum absolute atomic E-state index is 5.64. The highest BCUT2D eigenvalue weighted by Gasteiger charge is 2.00. The zero-order valence-corrected chi connectivity index (χ0v) is 14.6. The quantitative estimate of drug-likeness (QED) is 0.399. The first-order valence-electron chi connectivity index (χ1n) is 7.72. The SMILES string of the molecule is COCCN(C)CCOCCN(C)CCOCCN(C)C. The molecule has 0 heterocycles. The smallest absolute Gasteiger partial charge is 0.0594 e. The Hall–Kier alpha value is -0.240. The Morgan fingerprint density at radius 3 is 1.33 bits per heavy atom. The van der Waals surface area contributed by atoms with Crippen LogP contribution in [0, 0.1) is 0 Å². The molecule has 0 rings (SSSR count). The van der Waals surface area contributed by atoms with Gasteiger partial charge < -0.3 is 28.9 Å². The molecule has 0 radical (unpaired) electrons. The van der Waals surface area contributed by atoms with Gasteiger partial charge in [-0.3, -0.25) is 0 Å². The summed E-state index contributed by atoms with van der Waals surface area (Å²) in [5.74, 6) is 0. The number of likely N-dealkylation sites (N-methyl/N-ethyl adjacent to an activating group) is 3. The van der Waals surface area contributed by atoms with Crippen LogP contribution in [0.25, 0.3) is 0 Å². The van der Waals surface area contributed by atoms with Gasteiger partial charge in [-0.2, -0.15) is 0 Å². The zero-order valence-electron chi connectivity index (χ0n) is 14.6. The number of methoxy groups -OCH3 is 1. The van der Waals surface area contributed by atoms with Crippen LogP contribution in [0.3, 0.4) is 0 Å². The minimum absolute atomic E-state index is 0.770. The lowest BCUT2D eigenvalue weighted by Gasteiger charge is -2.18. The minimum atomic E-state index is 0.770. The Morgan fingerprint density at radius 1 is 0.571 bits per heavy atom. The van der Waals surface area contributed by atoms with Crippen LogP contribution in [0.4, 0.5) is 0 Å². The highest BCUT2D eigenvalue weighted by atomic mass is 16.5. The molecule has 0 N–H and O–H groups in total. The molecule has 0 aromatic heterocycles. The molecule has 128 valence electrons. The second-order valence-electron chi connectivity index (χ2n) is 5.63. The minimum Gasteiger partial charge on any atom is -0.383 e. The van der Waals surface area contributed by atoms with E-state index in [0.29, 0.717) is 0 Å². The molecule has 21 heavy (non-hydrogen) atoms. The van der Waals surface area contributed by atoms with Crippen molar-refractivity contribution in [2.24, 2.45) is 0 Å². The first-order chi connectivity index (χ1) is 10.1. The van der Waals surface area contributed by atoms with Crippen LogP contribution in [-0.4, -0.2) is 116 Å². The van der Waals surface area contributed by atoms with Crippen molar-refractivity contribution in [1.82, 2.24) is 14.7 Å². The van der Waals surface area contributed by atoms with Crippen molar-refractivity contribution in [2.45, 2.75) is 0 Å². The van der Waals surface area contributed by atoms with E-state index in [4.69, 9.17) is 14.2 Å². The van der Waals surface area contributed by atoms with Crippen LogP contribution in [-0.2, 0) is 14.2 Å². The van der Waals surface area contributed by atoms with Gasteiger partial charge in [-0.05, 0) is 28.2 Å². The molecule has 0 aromatic rings. The summed E-state index contributed by atoms with van der Waals surface area (Å²) in [6, 6.07) is 0. The largest absolute Gasteiger partial charge is 0.383 e. The second kappa shape index (κ2) is 14.7. The van der Waals surface area contributed by atoms with Crippen LogP contribution < -0.4 is 0 Å². The van der Waals surface area contributed by atoms with Gasteiger partial charge in [0.1, 0.15) is 0 Å². The van der Waals surface area contributed by atoms with Crippen LogP contribution >= 0.6 is 0 Å². The topological polar surface area (TPSA) is 37.4 Å². The van der Waals surface area contributed by atoms with E-state index in [1.807, 2.05) is 0 Å². The Balaban J connectivity index is 3.27. The fourth-order valence-corrected chi connectivity index (χ4v) is 1.58. The first kappa shape index (κ1) is 20.8. The van der Waals surface area contributed by atoms with Crippen molar-refractivity contribution in [3.05, 3.63) is 0 Å². The van der Waals surface area contributed by atoms with Gasteiger partial charge in [0, 0.05) is 39.8 Å². The van der Waals surface area contributed by atoms with Gasteiger partial charge >= 0.3 is 0 Å². The van der Waals surface area contributed by atoms with E-state index in [2.05, 4.69) is 42.9 Å². The van der Waals surface area contributed by atoms with E-state index in [0.717, 1.165) is 65.8 Å². The summed E-state index contributed by atoms with van der Waals surface area (Å²) in [5.41, 5.74) is 0. The molecule has 0 saturated carbocycles. The third-order valence-electron chi connectivity index (χ3n) is 3.21. The van der Waals surface area contributed by atoms with Crippen molar-refractivity contribution in [3.8, 4) is 0 Å². The summed E-state index contributed by atoms with van der Waals surface area (Å²) in [5, 5.41) is 0. The van der Waals surface area contributed by atoms with Gasteiger partial charge in [-0.1, -0.05) is 0 Å². The predicted octanol–water partition coefficient (Wildman–Crippen LogP) is 0.0912. The normalized spacial score (nSPS) is 12.0. The van der Waals surface area contributed by atoms with Crippen molar-refractivity contribution < 1.29 is 14.2 Å². The highest BCUT2D eigenvalue weighted by Crippen LogP contribution is 1.88. The molecule has 0 aromatic carbocycles. The molecule has 0 unspecified atom stereocenters. The van der Waals surface area contributed by atoms with Crippen molar-refractivity contribution in [1.29, 1.82) is 0 Å². The molecule has 0 aliphatic heterocycles. The highest BCUT2D eigenvalue weighted by molar-refractivity contribution is 4.52. The molecule has 0 aliphatic rings. The lowest BCUT2D eigenvalue weighted by Crippen LogP contribution is -2.30. The van der Waals surface area contributed by atoms with Crippen molar-refractivity contribution in [2.75, 3.05) is 101 Å². The summed E-state index contributed by atoms with van der Waals surface area (Å²) < 4.78 is 16.2. The molecule has 0 fully saturated rings. The Bertz CT molecular complexity index is 218. The van der Waals surface area contributed by atoms with E-state index in [9.17, 15) is 0 Å². The second-order valence-corrected chi connectivity index (χ2v) is 5.63. The third-order valence-corrected chi connectivity index (χ3v) is 3.21. The van der Waals surface area contributed by atoms with Gasteiger partial charge in [0.05, 0.1) is 33.0 Å². The van der Waals surface area contributed by atoms with Crippen LogP contribution in [0.2, 0.25) is 0 Å². The predicted molar refractivity (Wildman–Crippen MR) is 87.1 cm³/mol. The van der Waals surface area contributed by atoms with Gasteiger partial charge in [0.2, 0.25) is 0 Å². The lowest BCUT2D eigenvalue weighted by atomic mass is 10.5. The van der Waals surface area contributed by atoms with E-state index < -0.39 is 0 Å². The van der Waals surface area contributed by atoms with Gasteiger partial charge in [-0.25, -0.2) is 0 Å². The fraction of sp³-hybridized carbons (Fsp3) is 1.00. The average Bonchev–Trinajstić information content (AvgIpc) is 2.44. The van der Waals surface area contributed by atoms with E-state index in [1.54, 1.807) is 7.11 Å². The van der Waals surface area contributed by atoms with E-state index in [1.165, 1.54) is 0 Å². The summed E-state index contributed by atoms with van der Waals surface area (Å²) in [6.07, 6.45) is 0. The Morgan fingerprint density at radius 2 is 0.952 bits per heavy atom. The van der Waals surface area contributed by atoms with E-state index in [-0.39, 0.29) is 0 Å². The number of hydrogen-bond acceptors (Lipinski definition) is 6. The van der Waals surface area contributed by atoms with Crippen LogP contribution in [0.15, 0.2) is 0 Å². The number of ether oxygens (including phenoxy) is 3. The molecular weight excluding hydrogens is 270 g/mol. The zero-order chi connectivity index (χ0) is 15.9. The molecule has 0 atom stereocenters. The number of hydrogen-bond donors (Lipinski definition) is 0. The summed E-state index contributed by atoms with van der Waals surface area (Å²) in [7, 11) is 10.0. The third kappa shape index (κ3) is 16.0. The molecule has 6 heteroatoms. The van der Waals surface area contributed by atoms with Crippen molar-refractivity contribution in [3.63, 3.8) is 0 Å². The molecule has 0 aliphatic carbocycles. The van der Waals surface area contributed by atoms with Crippen molar-refractivity contribution >= 4 is 0 Å². The summed E-state index contributed by atoms with van der Waals surface area (Å²) in [6.45, 7) is 8.65. The van der Waals surface area contributed by atoms with E-state index >= 15 is 0 Å². The first-order valence-corrected chi connectivity index (χ1v) is 7.72. The van der Waals surface area contributed by atoms with Gasteiger partial charge in [0.15, 0.2) is 0 Å². The Kier molecular flexibility index (Phi) is 14.5. The Labute approximate surface area is 130 Å². The average molecular weight is 305 g/mol. The van der Waals surface area contributed by atoms with Gasteiger partial charge in [0.25, 0.3) is 0 Å². The van der Waals surface area contributed by atoms with Crippen LogP contribution in [0.5, 0.6) is 0 Å². The molecule has 0 spiro atoms. The fourth-order valence-electron chi connectivity index (χ4n) is 1.58. The molecule has 0 bridgehead atoms. The van der Waals surface area contributed by atoms with Gasteiger partial charge in [-0.15, -0.1) is 0 Å². The molecule has 6 nitrogen and oxygen atoms in total. The number of rotatable bonds is 15. The molecular formula is C15H35N3O3. The monoisotopic (exact) mass is 305 g/mol. The maximum atomic E-state index is 5.64. The summed E-state index contributed by atoms with van der Waals surface area (Å²) >= 11 is 0.